The van der Waals surface area contributed by atoms with Crippen LogP contribution in [0.2, 0.25) is 0 Å². The van der Waals surface area contributed by atoms with E-state index in [1.54, 1.807) is 6.33 Å². The molecule has 1 aliphatic carbocycles. The molecule has 0 N–H and O–H groups in total. The van der Waals surface area contributed by atoms with Crippen molar-refractivity contribution in [3.63, 3.8) is 0 Å². The fraction of sp³-hybridized carbons (Fsp3) is 0.556. The van der Waals surface area contributed by atoms with Gasteiger partial charge in [0.25, 0.3) is 0 Å². The number of sulfonamides is 1. The summed E-state index contributed by atoms with van der Waals surface area (Å²) in [5.41, 5.74) is -0.112. The lowest BCUT2D eigenvalue weighted by atomic mass is 9.67. The minimum atomic E-state index is -3.74. The summed E-state index contributed by atoms with van der Waals surface area (Å²) in [5.74, 6) is 0.310. The van der Waals surface area contributed by atoms with Crippen LogP contribution in [0, 0.1) is 11.2 Å². The smallest absolute Gasteiger partial charge is 0.243 e. The van der Waals surface area contributed by atoms with Crippen LogP contribution >= 0.6 is 0 Å². The van der Waals surface area contributed by atoms with Gasteiger partial charge >= 0.3 is 0 Å². The number of hydrogen-bond donors (Lipinski definition) is 0. The van der Waals surface area contributed by atoms with Crippen molar-refractivity contribution in [2.45, 2.75) is 42.9 Å². The van der Waals surface area contributed by atoms with E-state index >= 15 is 0 Å². The van der Waals surface area contributed by atoms with Crippen LogP contribution in [0.4, 0.5) is 4.39 Å². The van der Waals surface area contributed by atoms with Gasteiger partial charge in [0, 0.05) is 26.1 Å². The van der Waals surface area contributed by atoms with Gasteiger partial charge in [-0.15, -0.1) is 10.2 Å². The molecule has 8 heteroatoms. The van der Waals surface area contributed by atoms with E-state index in [2.05, 4.69) is 10.2 Å². The van der Waals surface area contributed by atoms with Gasteiger partial charge in [-0.25, -0.2) is 12.8 Å². The van der Waals surface area contributed by atoms with E-state index in [4.69, 9.17) is 0 Å². The SMILES string of the molecule is Cn1cnnc1C1CN(S(=O)(=O)c2cccc(F)c2)CC12CCCCC2. The zero-order valence-corrected chi connectivity index (χ0v) is 15.6. The van der Waals surface area contributed by atoms with Gasteiger partial charge in [0.15, 0.2) is 0 Å². The quantitative estimate of drug-likeness (QED) is 0.824. The predicted octanol–water partition coefficient (Wildman–Crippen LogP) is 2.69. The zero-order chi connectivity index (χ0) is 18.4. The number of aromatic nitrogens is 3. The molecule has 2 fully saturated rings. The van der Waals surface area contributed by atoms with Crippen molar-refractivity contribution in [3.8, 4) is 0 Å². The Morgan fingerprint density at radius 3 is 2.65 bits per heavy atom. The third kappa shape index (κ3) is 2.85. The van der Waals surface area contributed by atoms with Crippen molar-refractivity contribution in [3.05, 3.63) is 42.2 Å². The largest absolute Gasteiger partial charge is 0.320 e. The summed E-state index contributed by atoms with van der Waals surface area (Å²) in [6.07, 6.45) is 7.02. The third-order valence-electron chi connectivity index (χ3n) is 5.96. The summed E-state index contributed by atoms with van der Waals surface area (Å²) in [7, 11) is -1.84. The zero-order valence-electron chi connectivity index (χ0n) is 14.8. The molecule has 2 aliphatic rings. The van der Waals surface area contributed by atoms with Crippen molar-refractivity contribution in [2.75, 3.05) is 13.1 Å². The highest BCUT2D eigenvalue weighted by atomic mass is 32.2. The summed E-state index contributed by atoms with van der Waals surface area (Å²) in [6, 6.07) is 5.25. The summed E-state index contributed by atoms with van der Waals surface area (Å²) < 4.78 is 43.2. The molecule has 1 unspecified atom stereocenters. The Bertz CT molecular complexity index is 905. The molecule has 0 amide bonds. The molecule has 2 aromatic rings. The molecule has 4 rings (SSSR count). The maximum atomic E-state index is 13.6. The molecule has 0 bridgehead atoms. The maximum absolute atomic E-state index is 13.6. The Morgan fingerprint density at radius 1 is 1.23 bits per heavy atom. The number of halogens is 1. The summed E-state index contributed by atoms with van der Waals surface area (Å²) in [4.78, 5) is 0.0158. The van der Waals surface area contributed by atoms with E-state index in [-0.39, 0.29) is 16.2 Å². The van der Waals surface area contributed by atoms with E-state index in [0.29, 0.717) is 13.1 Å². The Morgan fingerprint density at radius 2 is 2.00 bits per heavy atom. The molecule has 1 saturated carbocycles. The number of hydrogen-bond acceptors (Lipinski definition) is 4. The van der Waals surface area contributed by atoms with Crippen molar-refractivity contribution in [1.29, 1.82) is 0 Å². The summed E-state index contributed by atoms with van der Waals surface area (Å²) in [5, 5.41) is 8.28. The predicted molar refractivity (Wildman–Crippen MR) is 94.4 cm³/mol. The fourth-order valence-electron chi connectivity index (χ4n) is 4.61. The number of rotatable bonds is 3. The molecule has 140 valence electrons. The van der Waals surface area contributed by atoms with Gasteiger partial charge < -0.3 is 4.57 Å². The average molecular weight is 378 g/mol. The summed E-state index contributed by atoms with van der Waals surface area (Å²) in [6.45, 7) is 0.828. The van der Waals surface area contributed by atoms with E-state index in [1.807, 2.05) is 11.6 Å². The highest BCUT2D eigenvalue weighted by Crippen LogP contribution is 2.52. The number of nitrogens with zero attached hydrogens (tertiary/aromatic N) is 4. The molecule has 1 aliphatic heterocycles. The summed E-state index contributed by atoms with van der Waals surface area (Å²) >= 11 is 0. The van der Waals surface area contributed by atoms with Crippen LogP contribution in [0.3, 0.4) is 0 Å². The van der Waals surface area contributed by atoms with Crippen LogP contribution in [0.5, 0.6) is 0 Å². The Balaban J connectivity index is 1.72. The molecular weight excluding hydrogens is 355 g/mol. The lowest BCUT2D eigenvalue weighted by molar-refractivity contribution is 0.177. The Kier molecular flexibility index (Phi) is 4.35. The molecular formula is C18H23FN4O2S. The lowest BCUT2D eigenvalue weighted by Gasteiger charge is -2.37. The second kappa shape index (κ2) is 6.42. The Hall–Kier alpha value is -1.80. The third-order valence-corrected chi connectivity index (χ3v) is 7.77. The molecule has 1 aromatic carbocycles. The van der Waals surface area contributed by atoms with Crippen molar-refractivity contribution in [2.24, 2.45) is 12.5 Å². The van der Waals surface area contributed by atoms with Crippen molar-refractivity contribution < 1.29 is 12.8 Å². The lowest BCUT2D eigenvalue weighted by Crippen LogP contribution is -2.34. The Labute approximate surface area is 153 Å². The maximum Gasteiger partial charge on any atom is 0.243 e. The fourth-order valence-corrected chi connectivity index (χ4v) is 6.19. The van der Waals surface area contributed by atoms with E-state index in [1.165, 1.54) is 28.9 Å². The minimum absolute atomic E-state index is 0.0126. The molecule has 1 aromatic heterocycles. The van der Waals surface area contributed by atoms with Gasteiger partial charge in [-0.1, -0.05) is 25.3 Å². The normalized spacial score (nSPS) is 23.5. The minimum Gasteiger partial charge on any atom is -0.320 e. The van der Waals surface area contributed by atoms with Crippen molar-refractivity contribution >= 4 is 10.0 Å². The highest BCUT2D eigenvalue weighted by Gasteiger charge is 2.52. The number of benzene rings is 1. The monoisotopic (exact) mass is 378 g/mol. The molecule has 1 atom stereocenters. The van der Waals surface area contributed by atoms with Crippen LogP contribution < -0.4 is 0 Å². The molecule has 0 radical (unpaired) electrons. The van der Waals surface area contributed by atoms with Crippen molar-refractivity contribution in [1.82, 2.24) is 19.1 Å². The second-order valence-electron chi connectivity index (χ2n) is 7.53. The van der Waals surface area contributed by atoms with Crippen LogP contribution in [0.25, 0.3) is 0 Å². The second-order valence-corrected chi connectivity index (χ2v) is 9.47. The molecule has 6 nitrogen and oxygen atoms in total. The molecule has 1 spiro atoms. The van der Waals surface area contributed by atoms with Gasteiger partial charge in [0.2, 0.25) is 10.0 Å². The molecule has 26 heavy (non-hydrogen) atoms. The van der Waals surface area contributed by atoms with Gasteiger partial charge in [-0.2, -0.15) is 4.31 Å². The first-order chi connectivity index (χ1) is 12.4. The highest BCUT2D eigenvalue weighted by molar-refractivity contribution is 7.89. The van der Waals surface area contributed by atoms with E-state index in [0.717, 1.165) is 37.6 Å². The number of aryl methyl sites for hydroxylation is 1. The first kappa shape index (κ1) is 17.6. The average Bonchev–Trinajstić information content (AvgIpc) is 3.19. The van der Waals surface area contributed by atoms with Crippen LogP contribution in [0.1, 0.15) is 43.8 Å². The van der Waals surface area contributed by atoms with Crippen LogP contribution in [-0.2, 0) is 17.1 Å². The first-order valence-corrected chi connectivity index (χ1v) is 10.5. The standard InChI is InChI=1S/C18H23FN4O2S/c1-22-13-20-21-17(22)16-11-23(12-18(16)8-3-2-4-9-18)26(24,25)15-7-5-6-14(19)10-15/h5-7,10,13,16H,2-4,8-9,11-12H2,1H3. The van der Waals surface area contributed by atoms with Gasteiger partial charge in [-0.05, 0) is 36.5 Å². The van der Waals surface area contributed by atoms with Gasteiger partial charge in [0.1, 0.15) is 18.0 Å². The topological polar surface area (TPSA) is 68.1 Å². The molecule has 1 saturated heterocycles. The van der Waals surface area contributed by atoms with E-state index < -0.39 is 15.8 Å². The van der Waals surface area contributed by atoms with E-state index in [9.17, 15) is 12.8 Å². The first-order valence-electron chi connectivity index (χ1n) is 9.02. The van der Waals surface area contributed by atoms with Crippen LogP contribution in [-0.4, -0.2) is 40.6 Å². The van der Waals surface area contributed by atoms with Crippen LogP contribution in [0.15, 0.2) is 35.5 Å². The van der Waals surface area contributed by atoms with Gasteiger partial charge in [0.05, 0.1) is 4.90 Å². The molecule has 2 heterocycles. The van der Waals surface area contributed by atoms with Gasteiger partial charge in [-0.3, -0.25) is 0 Å².